The number of rotatable bonds is 2. The average Bonchev–Trinajstić information content (AvgIpc) is 3.27. The van der Waals surface area contributed by atoms with Crippen LogP contribution < -0.4 is 31.0 Å². The summed E-state index contributed by atoms with van der Waals surface area (Å²) in [7, 11) is 1.64. The zero-order valence-electron chi connectivity index (χ0n) is 36.1. The van der Waals surface area contributed by atoms with Crippen molar-refractivity contribution in [2.75, 3.05) is 30.6 Å². The average molecular weight is 826 g/mol. The van der Waals surface area contributed by atoms with Crippen molar-refractivity contribution in [1.29, 1.82) is 0 Å². The molecule has 61 heavy (non-hydrogen) atoms. The number of benzene rings is 10. The Morgan fingerprint density at radius 2 is 0.639 bits per heavy atom. The molecule has 0 bridgehead atoms. The molecule has 298 valence electrons. The van der Waals surface area contributed by atoms with E-state index in [4.69, 9.17) is 0 Å². The fraction of sp³-hybridized carbons (Fsp3) is 0.158. The molecule has 1 aliphatic rings. The SMILES string of the molecule is CC(C)P1c2cc3ccccc3cc2N(C)c2cc3cc4ccccc4cc3cc2[P+](C)(C(C)C)c2cc3cc4ccccc4cc3cc2N(C)c2cc3ccccc3cc21. The molecular formula is C57H51N2P2+. The lowest BCUT2D eigenvalue weighted by molar-refractivity contribution is 1.09. The predicted molar refractivity (Wildman–Crippen MR) is 276 cm³/mol. The molecule has 0 aromatic heterocycles. The number of hydrogen-bond acceptors (Lipinski definition) is 2. The number of hydrogen-bond donors (Lipinski definition) is 0. The molecule has 1 heterocycles. The molecule has 0 N–H and O–H groups in total. The Bertz CT molecular complexity index is 3190. The summed E-state index contributed by atoms with van der Waals surface area (Å²) in [4.78, 5) is 5.18. The molecule has 2 nitrogen and oxygen atoms in total. The normalized spacial score (nSPS) is 16.9. The van der Waals surface area contributed by atoms with Crippen molar-refractivity contribution >= 4 is 124 Å². The van der Waals surface area contributed by atoms with Crippen LogP contribution in [-0.2, 0) is 0 Å². The number of anilines is 4. The van der Waals surface area contributed by atoms with Crippen LogP contribution >= 0.6 is 15.2 Å². The molecular weight excluding hydrogens is 775 g/mol. The van der Waals surface area contributed by atoms with Gasteiger partial charge in [0.15, 0.2) is 0 Å². The zero-order chi connectivity index (χ0) is 41.7. The third-order valence-electron chi connectivity index (χ3n) is 13.8. The van der Waals surface area contributed by atoms with E-state index in [1.807, 2.05) is 0 Å². The minimum atomic E-state index is -2.20. The lowest BCUT2D eigenvalue weighted by Gasteiger charge is -2.38. The highest BCUT2D eigenvalue weighted by molar-refractivity contribution is 7.90. The van der Waals surface area contributed by atoms with Crippen molar-refractivity contribution in [3.8, 4) is 0 Å². The maximum atomic E-state index is 2.63. The Morgan fingerprint density at radius 3 is 0.951 bits per heavy atom. The van der Waals surface area contributed by atoms with E-state index in [0.717, 1.165) is 0 Å². The quantitative estimate of drug-likeness (QED) is 0.127. The third-order valence-corrected chi connectivity index (χ3v) is 21.4. The fourth-order valence-electron chi connectivity index (χ4n) is 10.2. The van der Waals surface area contributed by atoms with Crippen molar-refractivity contribution in [2.24, 2.45) is 0 Å². The standard InChI is InChI=1S/C57H51N2P2/c1-36(2)60-54-32-44-22-14-12-20-42(44)28-50(54)58(5)52-30-46-24-38-16-8-10-18-40(38)26-48(46)34-56(52)61(7,37(3)4)57-35-49-27-41-19-11-9-17-39(41)25-47(49)31-53(57)59(6)51-29-43-21-13-15-23-45(43)33-55(51)60/h8-37H,1-7H3/q+1. The Hall–Kier alpha value is -5.78. The summed E-state index contributed by atoms with van der Waals surface area (Å²) in [6.07, 6.45) is 0. The molecule has 0 fully saturated rings. The first-order valence-electron chi connectivity index (χ1n) is 21.7. The summed E-state index contributed by atoms with van der Waals surface area (Å²) in [5, 5.41) is 21.1. The molecule has 0 saturated heterocycles. The maximum absolute atomic E-state index is 2.63. The Balaban J connectivity index is 1.34. The first-order chi connectivity index (χ1) is 29.6. The van der Waals surface area contributed by atoms with Crippen LogP contribution in [0.3, 0.4) is 0 Å². The van der Waals surface area contributed by atoms with Crippen LogP contribution in [0.5, 0.6) is 0 Å². The van der Waals surface area contributed by atoms with Crippen LogP contribution in [0.2, 0.25) is 0 Å². The van der Waals surface area contributed by atoms with E-state index in [9.17, 15) is 0 Å². The molecule has 4 heteroatoms. The van der Waals surface area contributed by atoms with E-state index >= 15 is 0 Å². The summed E-state index contributed by atoms with van der Waals surface area (Å²) in [6, 6.07) is 65.5. The van der Waals surface area contributed by atoms with Crippen LogP contribution in [-0.4, -0.2) is 32.1 Å². The number of fused-ring (bicyclic) bond motifs is 10. The van der Waals surface area contributed by atoms with E-state index < -0.39 is 15.2 Å². The largest absolute Gasteiger partial charge is 0.341 e. The van der Waals surface area contributed by atoms with E-state index in [2.05, 4.69) is 228 Å². The lowest BCUT2D eigenvalue weighted by atomic mass is 10.0. The lowest BCUT2D eigenvalue weighted by Crippen LogP contribution is -2.36. The maximum Gasteiger partial charge on any atom is 0.123 e. The van der Waals surface area contributed by atoms with Gasteiger partial charge < -0.3 is 9.80 Å². The topological polar surface area (TPSA) is 6.48 Å². The first-order valence-corrected chi connectivity index (χ1v) is 25.4. The Morgan fingerprint density at radius 1 is 0.361 bits per heavy atom. The van der Waals surface area contributed by atoms with Gasteiger partial charge in [-0.3, -0.25) is 0 Å². The van der Waals surface area contributed by atoms with Crippen molar-refractivity contribution < 1.29 is 0 Å². The fourth-order valence-corrected chi connectivity index (χ4v) is 16.6. The second-order valence-corrected chi connectivity index (χ2v) is 24.8. The van der Waals surface area contributed by atoms with Gasteiger partial charge in [-0.1, -0.05) is 111 Å². The molecule has 0 radical (unpaired) electrons. The van der Waals surface area contributed by atoms with Crippen LogP contribution in [0.1, 0.15) is 27.7 Å². The molecule has 0 aliphatic carbocycles. The molecule has 0 spiro atoms. The van der Waals surface area contributed by atoms with Gasteiger partial charge in [-0.15, -0.1) is 0 Å². The summed E-state index contributed by atoms with van der Waals surface area (Å²) < 4.78 is 0. The Kier molecular flexibility index (Phi) is 9.02. The second kappa shape index (κ2) is 14.4. The van der Waals surface area contributed by atoms with Gasteiger partial charge in [-0.05, 0) is 165 Å². The summed E-state index contributed by atoms with van der Waals surface area (Å²) in [5.41, 5.74) is 5.91. The smallest absolute Gasteiger partial charge is 0.123 e. The highest BCUT2D eigenvalue weighted by Gasteiger charge is 2.47. The van der Waals surface area contributed by atoms with Gasteiger partial charge in [0.1, 0.15) is 10.6 Å². The van der Waals surface area contributed by atoms with E-state index in [1.165, 1.54) is 109 Å². The van der Waals surface area contributed by atoms with Crippen molar-refractivity contribution in [1.82, 2.24) is 0 Å². The van der Waals surface area contributed by atoms with Crippen molar-refractivity contribution in [3.05, 3.63) is 170 Å². The van der Waals surface area contributed by atoms with Gasteiger partial charge in [0, 0.05) is 36.1 Å². The van der Waals surface area contributed by atoms with Crippen LogP contribution in [0.4, 0.5) is 22.7 Å². The molecule has 1 aliphatic heterocycles. The molecule has 0 saturated carbocycles. The Labute approximate surface area is 361 Å². The second-order valence-electron chi connectivity index (χ2n) is 17.9. The van der Waals surface area contributed by atoms with E-state index in [1.54, 1.807) is 0 Å². The van der Waals surface area contributed by atoms with Crippen LogP contribution in [0, 0.1) is 0 Å². The van der Waals surface area contributed by atoms with Gasteiger partial charge in [0.05, 0.1) is 31.0 Å². The van der Waals surface area contributed by atoms with Gasteiger partial charge in [0.2, 0.25) is 0 Å². The molecule has 10 aromatic carbocycles. The monoisotopic (exact) mass is 825 g/mol. The zero-order valence-corrected chi connectivity index (χ0v) is 37.9. The van der Waals surface area contributed by atoms with Crippen molar-refractivity contribution in [2.45, 2.75) is 39.0 Å². The van der Waals surface area contributed by atoms with Gasteiger partial charge in [-0.2, -0.15) is 0 Å². The first kappa shape index (κ1) is 38.2. The van der Waals surface area contributed by atoms with Crippen LogP contribution in [0.15, 0.2) is 170 Å². The number of nitrogens with zero attached hydrogens (tertiary/aromatic N) is 2. The highest BCUT2D eigenvalue weighted by atomic mass is 31.2. The van der Waals surface area contributed by atoms with Gasteiger partial charge in [0.25, 0.3) is 0 Å². The predicted octanol–water partition coefficient (Wildman–Crippen LogP) is 14.3. The molecule has 11 rings (SSSR count). The molecule has 10 aromatic rings. The molecule has 0 amide bonds. The molecule has 0 unspecified atom stereocenters. The highest BCUT2D eigenvalue weighted by Crippen LogP contribution is 2.62. The third kappa shape index (κ3) is 6.06. The van der Waals surface area contributed by atoms with Crippen molar-refractivity contribution in [3.63, 3.8) is 0 Å². The molecule has 0 atom stereocenters. The summed E-state index contributed by atoms with van der Waals surface area (Å²) in [5.74, 6) is 0. The van der Waals surface area contributed by atoms with Crippen LogP contribution in [0.25, 0.3) is 64.6 Å². The van der Waals surface area contributed by atoms with Gasteiger partial charge in [-0.25, -0.2) is 0 Å². The minimum absolute atomic E-state index is 0.352. The minimum Gasteiger partial charge on any atom is -0.341 e. The van der Waals surface area contributed by atoms with E-state index in [-0.39, 0.29) is 0 Å². The summed E-state index contributed by atoms with van der Waals surface area (Å²) >= 11 is 0. The van der Waals surface area contributed by atoms with Gasteiger partial charge >= 0.3 is 0 Å². The summed E-state index contributed by atoms with van der Waals surface area (Å²) in [6.45, 7) is 12.5. The van der Waals surface area contributed by atoms with E-state index in [0.29, 0.717) is 11.3 Å².